The Morgan fingerprint density at radius 1 is 1.03 bits per heavy atom. The molecule has 2 aliphatic rings. The van der Waals surface area contributed by atoms with Crippen molar-refractivity contribution in [3.63, 3.8) is 0 Å². The van der Waals surface area contributed by atoms with E-state index in [1.54, 1.807) is 4.90 Å². The molecule has 2 aromatic rings. The number of carboxylic acid groups (broad SMARTS) is 1. The van der Waals surface area contributed by atoms with Gasteiger partial charge in [-0.1, -0.05) is 43.5 Å². The summed E-state index contributed by atoms with van der Waals surface area (Å²) in [7, 11) is 0. The Morgan fingerprint density at radius 3 is 2.30 bits per heavy atom. The minimum atomic E-state index is -0.814. The highest BCUT2D eigenvalue weighted by atomic mass is 16.6. The molecule has 1 saturated carbocycles. The summed E-state index contributed by atoms with van der Waals surface area (Å²) >= 11 is 0. The van der Waals surface area contributed by atoms with Crippen LogP contribution in [-0.2, 0) is 4.79 Å². The summed E-state index contributed by atoms with van der Waals surface area (Å²) in [6.07, 6.45) is 8.46. The summed E-state index contributed by atoms with van der Waals surface area (Å²) in [4.78, 5) is 33.0. The molecule has 2 heterocycles. The maximum Gasteiger partial charge on any atom is 0.337 e. The monoisotopic (exact) mass is 410 g/mol. The van der Waals surface area contributed by atoms with E-state index in [1.807, 2.05) is 12.1 Å². The fraction of sp³-hybridized carbons (Fsp3) is 0.500. The van der Waals surface area contributed by atoms with Gasteiger partial charge in [-0.05, 0) is 37.2 Å². The number of carboxylic acids is 1. The molecule has 2 fully saturated rings. The molecule has 0 amide bonds. The molecule has 1 aliphatic carbocycles. The second-order valence-electron chi connectivity index (χ2n) is 8.21. The van der Waals surface area contributed by atoms with Crippen LogP contribution in [0.5, 0.6) is 0 Å². The van der Waals surface area contributed by atoms with Crippen LogP contribution in [0.25, 0.3) is 11.3 Å². The summed E-state index contributed by atoms with van der Waals surface area (Å²) in [5.74, 6) is -0.385. The molecule has 8 nitrogen and oxygen atoms in total. The molecule has 30 heavy (non-hydrogen) atoms. The predicted octanol–water partition coefficient (Wildman–Crippen LogP) is 4.40. The first-order valence-electron chi connectivity index (χ1n) is 10.6. The van der Waals surface area contributed by atoms with Crippen LogP contribution < -0.4 is 4.90 Å². The molecule has 0 radical (unpaired) electrons. The van der Waals surface area contributed by atoms with E-state index in [-0.39, 0.29) is 11.5 Å². The van der Waals surface area contributed by atoms with Crippen molar-refractivity contribution >= 4 is 17.5 Å². The number of aliphatic carboxylic acids is 1. The third-order valence-electron chi connectivity index (χ3n) is 6.39. The van der Waals surface area contributed by atoms with Gasteiger partial charge in [0.2, 0.25) is 5.82 Å². The highest BCUT2D eigenvalue weighted by Crippen LogP contribution is 2.38. The quantitative estimate of drug-likeness (QED) is 0.574. The Bertz CT molecular complexity index is 917. The van der Waals surface area contributed by atoms with Crippen LogP contribution in [0, 0.1) is 16.0 Å². The molecule has 1 aliphatic heterocycles. The fourth-order valence-corrected chi connectivity index (χ4v) is 4.67. The van der Waals surface area contributed by atoms with Crippen molar-refractivity contribution < 1.29 is 14.8 Å². The summed E-state index contributed by atoms with van der Waals surface area (Å²) < 4.78 is 0. The van der Waals surface area contributed by atoms with Crippen molar-refractivity contribution in [3.05, 3.63) is 46.3 Å². The molecule has 1 N–H and O–H groups in total. The van der Waals surface area contributed by atoms with E-state index in [2.05, 4.69) is 22.1 Å². The zero-order valence-corrected chi connectivity index (χ0v) is 16.9. The number of aromatic nitrogens is 2. The lowest BCUT2D eigenvalue weighted by atomic mass is 9.84. The van der Waals surface area contributed by atoms with Crippen LogP contribution in [0.15, 0.2) is 30.6 Å². The van der Waals surface area contributed by atoms with Crippen molar-refractivity contribution in [2.45, 2.75) is 50.9 Å². The summed E-state index contributed by atoms with van der Waals surface area (Å²) in [5.41, 5.74) is 2.17. The maximum atomic E-state index is 12.0. The number of hydrogen-bond donors (Lipinski definition) is 1. The van der Waals surface area contributed by atoms with Gasteiger partial charge in [0.1, 0.15) is 6.33 Å². The number of piperidine rings is 1. The fourth-order valence-electron chi connectivity index (χ4n) is 4.67. The third-order valence-corrected chi connectivity index (χ3v) is 6.39. The van der Waals surface area contributed by atoms with E-state index >= 15 is 0 Å². The minimum absolute atomic E-state index is 0.114. The van der Waals surface area contributed by atoms with Crippen molar-refractivity contribution in [1.82, 2.24) is 9.97 Å². The van der Waals surface area contributed by atoms with Gasteiger partial charge in [-0.25, -0.2) is 9.97 Å². The number of hydrogen-bond acceptors (Lipinski definition) is 6. The largest absolute Gasteiger partial charge is 0.481 e. The number of carbonyl (C=O) groups is 1. The van der Waals surface area contributed by atoms with Crippen LogP contribution in [0.4, 0.5) is 11.5 Å². The van der Waals surface area contributed by atoms with Crippen LogP contribution in [0.2, 0.25) is 0 Å². The van der Waals surface area contributed by atoms with Gasteiger partial charge in [-0.3, -0.25) is 14.9 Å². The van der Waals surface area contributed by atoms with E-state index in [0.717, 1.165) is 0 Å². The lowest BCUT2D eigenvalue weighted by Crippen LogP contribution is -2.37. The number of nitrogens with zero attached hydrogens (tertiary/aromatic N) is 4. The van der Waals surface area contributed by atoms with Crippen molar-refractivity contribution in [1.29, 1.82) is 0 Å². The third kappa shape index (κ3) is 4.13. The van der Waals surface area contributed by atoms with Gasteiger partial charge in [0.25, 0.3) is 0 Å². The first kappa shape index (κ1) is 20.3. The second kappa shape index (κ2) is 8.77. The molecular weight excluding hydrogens is 384 g/mol. The zero-order chi connectivity index (χ0) is 21.1. The maximum absolute atomic E-state index is 12.0. The van der Waals surface area contributed by atoms with Gasteiger partial charge in [0.15, 0.2) is 5.69 Å². The molecule has 8 heteroatoms. The molecule has 1 aromatic carbocycles. The minimum Gasteiger partial charge on any atom is -0.481 e. The molecule has 4 rings (SSSR count). The highest BCUT2D eigenvalue weighted by Gasteiger charge is 2.32. The van der Waals surface area contributed by atoms with Crippen LogP contribution in [0.1, 0.15) is 56.4 Å². The average Bonchev–Trinajstić information content (AvgIpc) is 2.79. The molecule has 1 aromatic heterocycles. The lowest BCUT2D eigenvalue weighted by Gasteiger charge is -2.30. The number of nitro groups is 1. The van der Waals surface area contributed by atoms with Gasteiger partial charge in [0.05, 0.1) is 10.8 Å². The van der Waals surface area contributed by atoms with Gasteiger partial charge < -0.3 is 10.0 Å². The summed E-state index contributed by atoms with van der Waals surface area (Å²) in [6, 6.07) is 7.96. The Labute approximate surface area is 175 Å². The van der Waals surface area contributed by atoms with Crippen molar-refractivity contribution in [2.75, 3.05) is 18.0 Å². The first-order valence-corrected chi connectivity index (χ1v) is 10.6. The smallest absolute Gasteiger partial charge is 0.337 e. The molecule has 1 saturated heterocycles. The Kier molecular flexibility index (Phi) is 5.92. The Balaban J connectivity index is 1.62. The van der Waals surface area contributed by atoms with Gasteiger partial charge in [0, 0.05) is 18.7 Å². The SMILES string of the molecule is O=C(O)C1CCN(c2ncnc(-c3ccc(C4CCCCC4)cc3)c2[N+](=O)[O-])CC1. The van der Waals surface area contributed by atoms with Gasteiger partial charge >= 0.3 is 11.7 Å². The highest BCUT2D eigenvalue weighted by molar-refractivity contribution is 5.77. The topological polar surface area (TPSA) is 109 Å². The summed E-state index contributed by atoms with van der Waals surface area (Å²) in [5, 5.41) is 21.1. The standard InChI is InChI=1S/C22H26N4O4/c27-22(28)18-10-12-25(13-11-18)21-20(26(29)30)19(23-14-24-21)17-8-6-16(7-9-17)15-4-2-1-3-5-15/h6-9,14-15,18H,1-5,10-13H2,(H,27,28). The Morgan fingerprint density at radius 2 is 1.70 bits per heavy atom. The number of rotatable bonds is 5. The second-order valence-corrected chi connectivity index (χ2v) is 8.21. The Hall–Kier alpha value is -3.03. The zero-order valence-electron chi connectivity index (χ0n) is 16.9. The predicted molar refractivity (Wildman–Crippen MR) is 113 cm³/mol. The molecule has 0 atom stereocenters. The lowest BCUT2D eigenvalue weighted by molar-refractivity contribution is -0.383. The first-order chi connectivity index (χ1) is 14.5. The van der Waals surface area contributed by atoms with E-state index < -0.39 is 16.8 Å². The van der Waals surface area contributed by atoms with Gasteiger partial charge in [-0.2, -0.15) is 0 Å². The molecule has 0 unspecified atom stereocenters. The van der Waals surface area contributed by atoms with Crippen LogP contribution >= 0.6 is 0 Å². The molecule has 158 valence electrons. The number of benzene rings is 1. The van der Waals surface area contributed by atoms with E-state index in [0.29, 0.717) is 43.1 Å². The average molecular weight is 410 g/mol. The van der Waals surface area contributed by atoms with Crippen molar-refractivity contribution in [2.24, 2.45) is 5.92 Å². The van der Waals surface area contributed by atoms with E-state index in [4.69, 9.17) is 0 Å². The van der Waals surface area contributed by atoms with E-state index in [1.165, 1.54) is 44.0 Å². The van der Waals surface area contributed by atoms with E-state index in [9.17, 15) is 20.0 Å². The molecule has 0 spiro atoms. The van der Waals surface area contributed by atoms with Gasteiger partial charge in [-0.15, -0.1) is 0 Å². The molecular formula is C22H26N4O4. The van der Waals surface area contributed by atoms with Crippen molar-refractivity contribution in [3.8, 4) is 11.3 Å². The molecule has 0 bridgehead atoms. The van der Waals surface area contributed by atoms with Crippen LogP contribution in [-0.4, -0.2) is 39.1 Å². The normalized spacial score (nSPS) is 18.3. The number of anilines is 1. The van der Waals surface area contributed by atoms with Crippen LogP contribution in [0.3, 0.4) is 0 Å². The summed E-state index contributed by atoms with van der Waals surface area (Å²) in [6.45, 7) is 0.851.